The average molecular weight is 460 g/mol. The van der Waals surface area contributed by atoms with Crippen LogP contribution in [-0.4, -0.2) is 59.1 Å². The quantitative estimate of drug-likeness (QED) is 0.546. The standard InChI is InChI=1S/C22H25N3O6S/c1-4-31-18-10-13(8-9-17(18)30-2)16(12-32(3)29)25-21(27)14-6-5-7-15(20(14)22(25)28)24-19(26)11-23/h5-10,16H,4,11-12,23H2,1-3H3,(H,24,26). The highest BCUT2D eigenvalue weighted by Gasteiger charge is 2.42. The Labute approximate surface area is 188 Å². The molecule has 0 spiro atoms. The van der Waals surface area contributed by atoms with Gasteiger partial charge in [-0.2, -0.15) is 0 Å². The van der Waals surface area contributed by atoms with E-state index < -0.39 is 34.6 Å². The van der Waals surface area contributed by atoms with E-state index in [0.717, 1.165) is 4.90 Å². The number of methoxy groups -OCH3 is 1. The molecule has 1 aliphatic rings. The maximum absolute atomic E-state index is 13.4. The molecular formula is C22H25N3O6S. The lowest BCUT2D eigenvalue weighted by molar-refractivity contribution is -0.114. The SMILES string of the molecule is CCOc1cc(C(CS(C)=O)N2C(=O)c3cccc(NC(=O)CN)c3C2=O)ccc1OC. The van der Waals surface area contributed by atoms with Crippen LogP contribution in [0.2, 0.25) is 0 Å². The molecular weight excluding hydrogens is 434 g/mol. The highest BCUT2D eigenvalue weighted by atomic mass is 32.2. The summed E-state index contributed by atoms with van der Waals surface area (Å²) in [6.45, 7) is 1.95. The van der Waals surface area contributed by atoms with Crippen LogP contribution in [-0.2, 0) is 15.6 Å². The summed E-state index contributed by atoms with van der Waals surface area (Å²) < 4.78 is 23.1. The van der Waals surface area contributed by atoms with Gasteiger partial charge in [-0.05, 0) is 36.8 Å². The van der Waals surface area contributed by atoms with Crippen molar-refractivity contribution in [2.24, 2.45) is 5.73 Å². The van der Waals surface area contributed by atoms with Crippen LogP contribution in [0.4, 0.5) is 5.69 Å². The monoisotopic (exact) mass is 459 g/mol. The Morgan fingerprint density at radius 2 is 1.94 bits per heavy atom. The van der Waals surface area contributed by atoms with Gasteiger partial charge in [-0.25, -0.2) is 0 Å². The van der Waals surface area contributed by atoms with Gasteiger partial charge in [0.1, 0.15) is 0 Å². The number of nitrogens with one attached hydrogen (secondary N) is 1. The predicted molar refractivity (Wildman–Crippen MR) is 120 cm³/mol. The van der Waals surface area contributed by atoms with Crippen molar-refractivity contribution in [2.75, 3.05) is 37.6 Å². The van der Waals surface area contributed by atoms with Gasteiger partial charge < -0.3 is 20.5 Å². The number of ether oxygens (including phenoxy) is 2. The first-order valence-corrected chi connectivity index (χ1v) is 11.7. The molecule has 2 unspecified atom stereocenters. The highest BCUT2D eigenvalue weighted by Crippen LogP contribution is 2.38. The molecule has 1 aliphatic heterocycles. The minimum Gasteiger partial charge on any atom is -0.493 e. The van der Waals surface area contributed by atoms with E-state index in [-0.39, 0.29) is 29.1 Å². The van der Waals surface area contributed by atoms with Crippen molar-refractivity contribution in [3.63, 3.8) is 0 Å². The molecule has 10 heteroatoms. The van der Waals surface area contributed by atoms with E-state index in [1.165, 1.54) is 25.5 Å². The van der Waals surface area contributed by atoms with Crippen molar-refractivity contribution < 1.29 is 28.1 Å². The largest absolute Gasteiger partial charge is 0.493 e. The maximum atomic E-state index is 13.4. The molecule has 0 saturated heterocycles. The number of fused-ring (bicyclic) bond motifs is 1. The van der Waals surface area contributed by atoms with Gasteiger partial charge in [-0.1, -0.05) is 12.1 Å². The topological polar surface area (TPSA) is 128 Å². The summed E-state index contributed by atoms with van der Waals surface area (Å²) in [6.07, 6.45) is 1.51. The van der Waals surface area contributed by atoms with Crippen molar-refractivity contribution in [2.45, 2.75) is 13.0 Å². The van der Waals surface area contributed by atoms with Gasteiger partial charge in [0.25, 0.3) is 11.8 Å². The van der Waals surface area contributed by atoms with Gasteiger partial charge in [0, 0.05) is 22.8 Å². The Bertz CT molecular complexity index is 1090. The van der Waals surface area contributed by atoms with E-state index in [2.05, 4.69) is 5.32 Å². The molecule has 0 aromatic heterocycles. The minimum atomic E-state index is -1.33. The van der Waals surface area contributed by atoms with E-state index in [0.29, 0.717) is 23.7 Å². The lowest BCUT2D eigenvalue weighted by atomic mass is 10.1. The first-order valence-electron chi connectivity index (χ1n) is 9.93. The summed E-state index contributed by atoms with van der Waals surface area (Å²) in [5.74, 6) is -0.610. The second kappa shape index (κ2) is 9.92. The van der Waals surface area contributed by atoms with Crippen LogP contribution < -0.4 is 20.5 Å². The maximum Gasteiger partial charge on any atom is 0.264 e. The number of rotatable bonds is 9. The van der Waals surface area contributed by atoms with Crippen molar-refractivity contribution in [1.82, 2.24) is 4.90 Å². The Hall–Kier alpha value is -3.24. The first kappa shape index (κ1) is 23.4. The molecule has 3 rings (SSSR count). The molecule has 0 bridgehead atoms. The third-order valence-electron chi connectivity index (χ3n) is 4.98. The first-order chi connectivity index (χ1) is 15.3. The number of benzene rings is 2. The van der Waals surface area contributed by atoms with Crippen molar-refractivity contribution in [3.05, 3.63) is 53.1 Å². The summed E-state index contributed by atoms with van der Waals surface area (Å²) in [7, 11) is 0.186. The van der Waals surface area contributed by atoms with Gasteiger partial charge in [0.05, 0.1) is 43.1 Å². The van der Waals surface area contributed by atoms with Gasteiger partial charge in [-0.15, -0.1) is 0 Å². The summed E-state index contributed by atoms with van der Waals surface area (Å²) in [5.41, 5.74) is 6.40. The Morgan fingerprint density at radius 3 is 2.56 bits per heavy atom. The molecule has 3 amide bonds. The Kier molecular flexibility index (Phi) is 7.26. The summed E-state index contributed by atoms with van der Waals surface area (Å²) in [4.78, 5) is 39.5. The lowest BCUT2D eigenvalue weighted by Gasteiger charge is -2.26. The predicted octanol–water partition coefficient (Wildman–Crippen LogP) is 1.71. The van der Waals surface area contributed by atoms with Gasteiger partial charge >= 0.3 is 0 Å². The zero-order chi connectivity index (χ0) is 23.4. The fourth-order valence-corrected chi connectivity index (χ4v) is 4.39. The van der Waals surface area contributed by atoms with Gasteiger partial charge in [0.15, 0.2) is 11.5 Å². The highest BCUT2D eigenvalue weighted by molar-refractivity contribution is 7.84. The van der Waals surface area contributed by atoms with Crippen LogP contribution in [0.1, 0.15) is 39.2 Å². The molecule has 0 radical (unpaired) electrons. The van der Waals surface area contributed by atoms with Crippen molar-refractivity contribution in [3.8, 4) is 11.5 Å². The molecule has 2 aromatic carbocycles. The number of anilines is 1. The normalized spacial score (nSPS) is 14.7. The molecule has 3 N–H and O–H groups in total. The van der Waals surface area contributed by atoms with Crippen LogP contribution in [0.5, 0.6) is 11.5 Å². The number of amides is 3. The molecule has 1 heterocycles. The third kappa shape index (κ3) is 4.51. The fourth-order valence-electron chi connectivity index (χ4n) is 3.60. The smallest absolute Gasteiger partial charge is 0.264 e. The molecule has 2 atom stereocenters. The summed E-state index contributed by atoms with van der Waals surface area (Å²) in [6, 6.07) is 8.89. The van der Waals surface area contributed by atoms with Crippen LogP contribution in [0.25, 0.3) is 0 Å². The average Bonchev–Trinajstić information content (AvgIpc) is 3.03. The van der Waals surface area contributed by atoms with E-state index in [1.807, 2.05) is 6.92 Å². The molecule has 0 fully saturated rings. The zero-order valence-corrected chi connectivity index (χ0v) is 18.9. The van der Waals surface area contributed by atoms with Crippen LogP contribution in [0.15, 0.2) is 36.4 Å². The van der Waals surface area contributed by atoms with Crippen LogP contribution in [0, 0.1) is 0 Å². The van der Waals surface area contributed by atoms with E-state index >= 15 is 0 Å². The fraction of sp³-hybridized carbons (Fsp3) is 0.318. The van der Waals surface area contributed by atoms with Crippen LogP contribution in [0.3, 0.4) is 0 Å². The molecule has 9 nitrogen and oxygen atoms in total. The second-order valence-electron chi connectivity index (χ2n) is 7.06. The minimum absolute atomic E-state index is 0.0356. The van der Waals surface area contributed by atoms with E-state index in [9.17, 15) is 18.6 Å². The molecule has 32 heavy (non-hydrogen) atoms. The number of imide groups is 1. The van der Waals surface area contributed by atoms with E-state index in [1.54, 1.807) is 24.3 Å². The van der Waals surface area contributed by atoms with Gasteiger partial charge in [-0.3, -0.25) is 23.5 Å². The number of nitrogens with two attached hydrogens (primary N) is 1. The number of hydrogen-bond donors (Lipinski definition) is 2. The van der Waals surface area contributed by atoms with Crippen molar-refractivity contribution >= 4 is 34.2 Å². The summed E-state index contributed by atoms with van der Waals surface area (Å²) in [5, 5.41) is 2.56. The Balaban J connectivity index is 2.07. The molecule has 0 saturated carbocycles. The number of hydrogen-bond acceptors (Lipinski definition) is 7. The van der Waals surface area contributed by atoms with Crippen LogP contribution >= 0.6 is 0 Å². The second-order valence-corrected chi connectivity index (χ2v) is 8.54. The number of carbonyl (C=O) groups is 3. The molecule has 0 aliphatic carbocycles. The number of carbonyl (C=O) groups excluding carboxylic acids is 3. The Morgan fingerprint density at radius 1 is 1.19 bits per heavy atom. The lowest BCUT2D eigenvalue weighted by Crippen LogP contribution is -2.37. The van der Waals surface area contributed by atoms with Gasteiger partial charge in [0.2, 0.25) is 5.91 Å². The molecule has 170 valence electrons. The summed E-state index contributed by atoms with van der Waals surface area (Å²) >= 11 is 0. The van der Waals surface area contributed by atoms with E-state index in [4.69, 9.17) is 15.2 Å². The molecule has 2 aromatic rings. The van der Waals surface area contributed by atoms with Crippen molar-refractivity contribution in [1.29, 1.82) is 0 Å². The number of nitrogens with zero attached hydrogens (tertiary/aromatic N) is 1. The zero-order valence-electron chi connectivity index (χ0n) is 18.0. The third-order valence-corrected chi connectivity index (χ3v) is 5.77.